The van der Waals surface area contributed by atoms with Gasteiger partial charge in [-0.15, -0.1) is 11.3 Å². The first kappa shape index (κ1) is 15.6. The van der Waals surface area contributed by atoms with Gasteiger partial charge in [0.25, 0.3) is 0 Å². The third-order valence-electron chi connectivity index (χ3n) is 3.22. The molecule has 23 heavy (non-hydrogen) atoms. The average molecular weight is 349 g/mol. The zero-order valence-electron chi connectivity index (χ0n) is 11.7. The average Bonchev–Trinajstić information content (AvgIpc) is 2.98. The Morgan fingerprint density at radius 1 is 1.13 bits per heavy atom. The van der Waals surface area contributed by atoms with E-state index < -0.39 is 24.2 Å². The Bertz CT molecular complexity index is 904. The van der Waals surface area contributed by atoms with Crippen LogP contribution in [0.15, 0.2) is 48.5 Å². The summed E-state index contributed by atoms with van der Waals surface area (Å²) < 4.78 is 19.3. The molecule has 0 aliphatic carbocycles. The number of hydrogen-bond donors (Lipinski definition) is 0. The van der Waals surface area contributed by atoms with Gasteiger partial charge in [0.15, 0.2) is 6.61 Å². The molecule has 0 amide bonds. The van der Waals surface area contributed by atoms with Crippen LogP contribution in [0.5, 0.6) is 0 Å². The summed E-state index contributed by atoms with van der Waals surface area (Å²) in [5.41, 5.74) is 0.296. The molecule has 0 saturated heterocycles. The summed E-state index contributed by atoms with van der Waals surface area (Å²) in [7, 11) is 0. The number of halogens is 2. The first-order chi connectivity index (χ1) is 11.1. The van der Waals surface area contributed by atoms with E-state index in [2.05, 4.69) is 0 Å². The predicted octanol–water partition coefficient (Wildman–Crippen LogP) is 4.73. The molecular weight excluding hydrogens is 339 g/mol. The number of carbonyl (C=O) groups excluding carboxylic acids is 2. The molecule has 0 unspecified atom stereocenters. The number of rotatable bonds is 4. The molecule has 0 aliphatic heterocycles. The van der Waals surface area contributed by atoms with E-state index in [0.29, 0.717) is 20.7 Å². The Labute approximate surface area is 140 Å². The van der Waals surface area contributed by atoms with E-state index >= 15 is 0 Å². The Kier molecular flexibility index (Phi) is 4.41. The Morgan fingerprint density at radius 2 is 1.91 bits per heavy atom. The second-order valence-corrected chi connectivity index (χ2v) is 6.23. The number of fused-ring (bicyclic) bond motifs is 1. The molecule has 1 aromatic heterocycles. The maximum atomic E-state index is 13.6. The number of ketones is 1. The highest BCUT2D eigenvalue weighted by molar-refractivity contribution is 7.20. The van der Waals surface area contributed by atoms with E-state index in [-0.39, 0.29) is 4.88 Å². The normalized spacial score (nSPS) is 10.7. The van der Waals surface area contributed by atoms with Crippen molar-refractivity contribution < 1.29 is 18.7 Å². The number of Topliss-reactive ketones (excluding diaryl/α,β-unsaturated/α-hetero) is 1. The number of esters is 1. The third kappa shape index (κ3) is 3.25. The van der Waals surface area contributed by atoms with Crippen LogP contribution >= 0.6 is 22.9 Å². The maximum Gasteiger partial charge on any atom is 0.348 e. The van der Waals surface area contributed by atoms with Gasteiger partial charge in [-0.2, -0.15) is 0 Å². The molecule has 2 aromatic carbocycles. The molecule has 0 radical (unpaired) electrons. The lowest BCUT2D eigenvalue weighted by molar-refractivity contribution is 0.0479. The van der Waals surface area contributed by atoms with Gasteiger partial charge in [-0.25, -0.2) is 9.18 Å². The number of benzene rings is 2. The van der Waals surface area contributed by atoms with Crippen LogP contribution in [-0.4, -0.2) is 18.4 Å². The van der Waals surface area contributed by atoms with Crippen LogP contribution in [0.1, 0.15) is 20.0 Å². The van der Waals surface area contributed by atoms with Crippen molar-refractivity contribution in [1.29, 1.82) is 0 Å². The second kappa shape index (κ2) is 6.48. The number of hydrogen-bond acceptors (Lipinski definition) is 4. The number of thiophene rings is 1. The van der Waals surface area contributed by atoms with Crippen LogP contribution in [0, 0.1) is 5.82 Å². The molecule has 3 nitrogen and oxygen atoms in total. The Morgan fingerprint density at radius 3 is 2.65 bits per heavy atom. The van der Waals surface area contributed by atoms with Crippen molar-refractivity contribution in [2.75, 3.05) is 6.61 Å². The van der Waals surface area contributed by atoms with Gasteiger partial charge in [-0.1, -0.05) is 29.8 Å². The highest BCUT2D eigenvalue weighted by atomic mass is 35.5. The maximum absolute atomic E-state index is 13.6. The van der Waals surface area contributed by atoms with Crippen molar-refractivity contribution in [3.8, 4) is 0 Å². The fourth-order valence-corrected chi connectivity index (χ4v) is 3.30. The lowest BCUT2D eigenvalue weighted by Crippen LogP contribution is -2.13. The quantitative estimate of drug-likeness (QED) is 0.505. The summed E-state index contributed by atoms with van der Waals surface area (Å²) in [5.74, 6) is -1.45. The topological polar surface area (TPSA) is 43.4 Å². The van der Waals surface area contributed by atoms with Crippen molar-refractivity contribution >= 4 is 44.8 Å². The predicted molar refractivity (Wildman–Crippen MR) is 87.8 cm³/mol. The molecule has 0 fully saturated rings. The minimum Gasteiger partial charge on any atom is -0.453 e. The largest absolute Gasteiger partial charge is 0.453 e. The summed E-state index contributed by atoms with van der Waals surface area (Å²) >= 11 is 7.04. The van der Waals surface area contributed by atoms with E-state index in [1.165, 1.54) is 12.1 Å². The minimum atomic E-state index is -0.661. The number of carbonyl (C=O) groups is 2. The lowest BCUT2D eigenvalue weighted by atomic mass is 10.1. The van der Waals surface area contributed by atoms with Crippen LogP contribution in [0.4, 0.5) is 4.39 Å². The third-order valence-corrected chi connectivity index (χ3v) is 4.63. The van der Waals surface area contributed by atoms with Crippen LogP contribution in [0.2, 0.25) is 5.02 Å². The van der Waals surface area contributed by atoms with Gasteiger partial charge >= 0.3 is 5.97 Å². The fourth-order valence-electron chi connectivity index (χ4n) is 2.09. The van der Waals surface area contributed by atoms with Crippen molar-refractivity contribution in [2.45, 2.75) is 0 Å². The van der Waals surface area contributed by atoms with Crippen molar-refractivity contribution in [3.63, 3.8) is 0 Å². The van der Waals surface area contributed by atoms with Crippen LogP contribution in [0.3, 0.4) is 0 Å². The second-order valence-electron chi connectivity index (χ2n) is 4.74. The molecular formula is C17H10ClFO3S. The van der Waals surface area contributed by atoms with Crippen molar-refractivity contribution in [2.24, 2.45) is 0 Å². The molecule has 1 heterocycles. The Balaban J connectivity index is 1.73. The summed E-state index contributed by atoms with van der Waals surface area (Å²) in [6, 6.07) is 12.6. The fraction of sp³-hybridized carbons (Fsp3) is 0.0588. The molecule has 0 saturated carbocycles. The van der Waals surface area contributed by atoms with E-state index in [1.807, 2.05) is 0 Å². The van der Waals surface area contributed by atoms with Gasteiger partial charge in [0.1, 0.15) is 10.7 Å². The van der Waals surface area contributed by atoms with Gasteiger partial charge in [0.2, 0.25) is 5.78 Å². The van der Waals surface area contributed by atoms with Crippen LogP contribution in [-0.2, 0) is 4.74 Å². The standard InChI is InChI=1S/C17H10ClFO3S/c18-12-5-2-1-4-10(12)14(20)9-22-17(21)16-8-11-13(19)6-3-7-15(11)23-16/h1-8H,9H2. The molecule has 0 N–H and O–H groups in total. The highest BCUT2D eigenvalue weighted by Gasteiger charge is 2.16. The van der Waals surface area contributed by atoms with Crippen molar-refractivity contribution in [3.05, 3.63) is 69.8 Å². The van der Waals surface area contributed by atoms with Crippen molar-refractivity contribution in [1.82, 2.24) is 0 Å². The monoisotopic (exact) mass is 348 g/mol. The summed E-state index contributed by atoms with van der Waals surface area (Å²) in [4.78, 5) is 24.3. The van der Waals surface area contributed by atoms with E-state index in [0.717, 1.165) is 11.3 Å². The highest BCUT2D eigenvalue weighted by Crippen LogP contribution is 2.28. The molecule has 0 spiro atoms. The van der Waals surface area contributed by atoms with Gasteiger partial charge < -0.3 is 4.74 Å². The first-order valence-electron chi connectivity index (χ1n) is 6.69. The summed E-state index contributed by atoms with van der Waals surface area (Å²) in [5, 5.41) is 0.666. The van der Waals surface area contributed by atoms with E-state index in [9.17, 15) is 14.0 Å². The molecule has 116 valence electrons. The summed E-state index contributed by atoms with van der Waals surface area (Å²) in [6.07, 6.45) is 0. The van der Waals surface area contributed by atoms with Crippen LogP contribution < -0.4 is 0 Å². The van der Waals surface area contributed by atoms with Gasteiger partial charge in [-0.3, -0.25) is 4.79 Å². The van der Waals surface area contributed by atoms with Gasteiger partial charge in [-0.05, 0) is 30.3 Å². The lowest BCUT2D eigenvalue weighted by Gasteiger charge is -2.04. The zero-order valence-corrected chi connectivity index (χ0v) is 13.3. The summed E-state index contributed by atoms with van der Waals surface area (Å²) in [6.45, 7) is -0.417. The molecule has 0 aliphatic rings. The zero-order chi connectivity index (χ0) is 16.4. The smallest absolute Gasteiger partial charge is 0.348 e. The van der Waals surface area contributed by atoms with Gasteiger partial charge in [0.05, 0.1) is 5.02 Å². The van der Waals surface area contributed by atoms with E-state index in [1.54, 1.807) is 36.4 Å². The number of ether oxygens (including phenoxy) is 1. The van der Waals surface area contributed by atoms with Crippen LogP contribution in [0.25, 0.3) is 10.1 Å². The van der Waals surface area contributed by atoms with E-state index in [4.69, 9.17) is 16.3 Å². The van der Waals surface area contributed by atoms with Gasteiger partial charge in [0, 0.05) is 15.6 Å². The molecule has 0 bridgehead atoms. The SMILES string of the molecule is O=C(OCC(=O)c1ccccc1Cl)c1cc2c(F)cccc2s1. The molecule has 3 aromatic rings. The first-order valence-corrected chi connectivity index (χ1v) is 7.88. The molecule has 0 atom stereocenters. The molecule has 3 rings (SSSR count). The minimum absolute atomic E-state index is 0.247. The molecule has 6 heteroatoms. The Hall–Kier alpha value is -2.24.